The standard InChI is InChI=1S/C10H14OS/c1-2-7-12-8-9-3-5-10(11)6-4-9/h3-6,11H,2,7-8H2,1H3. The Morgan fingerprint density at radius 3 is 2.50 bits per heavy atom. The summed E-state index contributed by atoms with van der Waals surface area (Å²) in [5.41, 5.74) is 1.28. The summed E-state index contributed by atoms with van der Waals surface area (Å²) in [6.07, 6.45) is 1.22. The number of phenols is 1. The van der Waals surface area contributed by atoms with E-state index in [9.17, 15) is 0 Å². The first-order valence-corrected chi connectivity index (χ1v) is 5.34. The normalized spacial score (nSPS) is 10.1. The molecule has 0 aliphatic rings. The van der Waals surface area contributed by atoms with Gasteiger partial charge in [-0.1, -0.05) is 19.1 Å². The molecule has 0 saturated carbocycles. The van der Waals surface area contributed by atoms with E-state index >= 15 is 0 Å². The topological polar surface area (TPSA) is 20.2 Å². The monoisotopic (exact) mass is 182 g/mol. The first kappa shape index (κ1) is 9.46. The number of benzene rings is 1. The quantitative estimate of drug-likeness (QED) is 0.722. The van der Waals surface area contributed by atoms with E-state index in [0.29, 0.717) is 5.75 Å². The van der Waals surface area contributed by atoms with Gasteiger partial charge >= 0.3 is 0 Å². The molecule has 1 rings (SSSR count). The van der Waals surface area contributed by atoms with Gasteiger partial charge in [0.1, 0.15) is 5.75 Å². The maximum absolute atomic E-state index is 9.02. The Labute approximate surface area is 77.8 Å². The van der Waals surface area contributed by atoms with Crippen molar-refractivity contribution in [1.29, 1.82) is 0 Å². The molecule has 0 spiro atoms. The molecule has 0 heterocycles. The zero-order valence-electron chi connectivity index (χ0n) is 7.29. The maximum Gasteiger partial charge on any atom is 0.115 e. The lowest BCUT2D eigenvalue weighted by molar-refractivity contribution is 0.475. The largest absolute Gasteiger partial charge is 0.508 e. The van der Waals surface area contributed by atoms with E-state index in [4.69, 9.17) is 5.11 Å². The molecule has 0 aromatic heterocycles. The molecule has 12 heavy (non-hydrogen) atoms. The summed E-state index contributed by atoms with van der Waals surface area (Å²) in [6.45, 7) is 2.18. The van der Waals surface area contributed by atoms with Crippen molar-refractivity contribution in [1.82, 2.24) is 0 Å². The Hall–Kier alpha value is -0.630. The minimum absolute atomic E-state index is 0.347. The first-order valence-electron chi connectivity index (χ1n) is 4.18. The highest BCUT2D eigenvalue weighted by molar-refractivity contribution is 7.98. The Morgan fingerprint density at radius 2 is 1.92 bits per heavy atom. The van der Waals surface area contributed by atoms with Gasteiger partial charge in [-0.3, -0.25) is 0 Å². The summed E-state index contributed by atoms with van der Waals surface area (Å²) >= 11 is 1.93. The molecule has 0 fully saturated rings. The van der Waals surface area contributed by atoms with Gasteiger partial charge in [0, 0.05) is 5.75 Å². The molecule has 1 aromatic rings. The zero-order valence-corrected chi connectivity index (χ0v) is 8.10. The average Bonchev–Trinajstić information content (AvgIpc) is 2.09. The molecular weight excluding hydrogens is 168 g/mol. The van der Waals surface area contributed by atoms with Crippen LogP contribution >= 0.6 is 11.8 Å². The van der Waals surface area contributed by atoms with E-state index in [1.807, 2.05) is 23.9 Å². The Morgan fingerprint density at radius 1 is 1.25 bits per heavy atom. The van der Waals surface area contributed by atoms with Gasteiger partial charge in [-0.2, -0.15) is 11.8 Å². The van der Waals surface area contributed by atoms with E-state index in [1.54, 1.807) is 12.1 Å². The lowest BCUT2D eigenvalue weighted by Gasteiger charge is -1.99. The fourth-order valence-electron chi connectivity index (χ4n) is 0.927. The molecule has 0 radical (unpaired) electrons. The van der Waals surface area contributed by atoms with Crippen LogP contribution in [0.2, 0.25) is 0 Å². The van der Waals surface area contributed by atoms with Crippen molar-refractivity contribution in [2.24, 2.45) is 0 Å². The highest BCUT2D eigenvalue weighted by Gasteiger charge is 1.92. The Bertz CT molecular complexity index is 218. The van der Waals surface area contributed by atoms with E-state index in [1.165, 1.54) is 17.7 Å². The van der Waals surface area contributed by atoms with Crippen LogP contribution in [0.1, 0.15) is 18.9 Å². The molecule has 1 nitrogen and oxygen atoms in total. The lowest BCUT2D eigenvalue weighted by Crippen LogP contribution is -1.80. The SMILES string of the molecule is CCCSCc1ccc(O)cc1. The van der Waals surface area contributed by atoms with Crippen LogP contribution in [0.25, 0.3) is 0 Å². The van der Waals surface area contributed by atoms with Crippen LogP contribution in [-0.2, 0) is 5.75 Å². The Balaban J connectivity index is 2.37. The van der Waals surface area contributed by atoms with Gasteiger partial charge in [0.25, 0.3) is 0 Å². The molecule has 0 aliphatic carbocycles. The van der Waals surface area contributed by atoms with Crippen molar-refractivity contribution in [3.63, 3.8) is 0 Å². The predicted octanol–water partition coefficient (Wildman–Crippen LogP) is 3.04. The summed E-state index contributed by atoms with van der Waals surface area (Å²) in [6, 6.07) is 7.42. The maximum atomic E-state index is 9.02. The number of aromatic hydroxyl groups is 1. The molecule has 1 N–H and O–H groups in total. The summed E-state index contributed by atoms with van der Waals surface area (Å²) < 4.78 is 0. The van der Waals surface area contributed by atoms with E-state index in [0.717, 1.165) is 5.75 Å². The summed E-state index contributed by atoms with van der Waals surface area (Å²) in [4.78, 5) is 0. The van der Waals surface area contributed by atoms with Gasteiger partial charge in [0.15, 0.2) is 0 Å². The third-order valence-corrected chi connectivity index (χ3v) is 2.79. The smallest absolute Gasteiger partial charge is 0.115 e. The molecular formula is C10H14OS. The van der Waals surface area contributed by atoms with Crippen molar-refractivity contribution >= 4 is 11.8 Å². The van der Waals surface area contributed by atoms with Gasteiger partial charge in [-0.25, -0.2) is 0 Å². The number of phenolic OH excluding ortho intramolecular Hbond substituents is 1. The van der Waals surface area contributed by atoms with Gasteiger partial charge in [-0.15, -0.1) is 0 Å². The van der Waals surface area contributed by atoms with Crippen molar-refractivity contribution in [2.45, 2.75) is 19.1 Å². The first-order chi connectivity index (χ1) is 5.83. The fraction of sp³-hybridized carbons (Fsp3) is 0.400. The molecule has 0 amide bonds. The van der Waals surface area contributed by atoms with Crippen molar-refractivity contribution in [2.75, 3.05) is 5.75 Å². The minimum atomic E-state index is 0.347. The van der Waals surface area contributed by atoms with Gasteiger partial charge < -0.3 is 5.11 Å². The van der Waals surface area contributed by atoms with Crippen molar-refractivity contribution in [3.05, 3.63) is 29.8 Å². The number of hydrogen-bond donors (Lipinski definition) is 1. The summed E-state index contributed by atoms with van der Waals surface area (Å²) in [7, 11) is 0. The van der Waals surface area contributed by atoms with E-state index in [-0.39, 0.29) is 0 Å². The molecule has 0 aliphatic heterocycles. The molecule has 0 unspecified atom stereocenters. The average molecular weight is 182 g/mol. The van der Waals surface area contributed by atoms with E-state index < -0.39 is 0 Å². The summed E-state index contributed by atoms with van der Waals surface area (Å²) in [5, 5.41) is 9.02. The van der Waals surface area contributed by atoms with Crippen LogP contribution in [0.3, 0.4) is 0 Å². The molecule has 0 saturated heterocycles. The van der Waals surface area contributed by atoms with Crippen LogP contribution in [0.5, 0.6) is 5.75 Å². The van der Waals surface area contributed by atoms with Crippen LogP contribution in [0.15, 0.2) is 24.3 Å². The second-order valence-electron chi connectivity index (χ2n) is 2.72. The van der Waals surface area contributed by atoms with Crippen LogP contribution in [0.4, 0.5) is 0 Å². The van der Waals surface area contributed by atoms with Crippen molar-refractivity contribution in [3.8, 4) is 5.75 Å². The highest BCUT2D eigenvalue weighted by Crippen LogP contribution is 2.15. The molecule has 2 heteroatoms. The zero-order chi connectivity index (χ0) is 8.81. The fourth-order valence-corrected chi connectivity index (χ4v) is 1.79. The second kappa shape index (κ2) is 5.09. The molecule has 0 bridgehead atoms. The molecule has 0 atom stereocenters. The van der Waals surface area contributed by atoms with Crippen LogP contribution in [-0.4, -0.2) is 10.9 Å². The highest BCUT2D eigenvalue weighted by atomic mass is 32.2. The number of hydrogen-bond acceptors (Lipinski definition) is 2. The van der Waals surface area contributed by atoms with Crippen molar-refractivity contribution < 1.29 is 5.11 Å². The van der Waals surface area contributed by atoms with Gasteiger partial charge in [0.05, 0.1) is 0 Å². The Kier molecular flexibility index (Phi) is 4.01. The third kappa shape index (κ3) is 3.18. The summed E-state index contributed by atoms with van der Waals surface area (Å²) in [5.74, 6) is 2.61. The molecule has 1 aromatic carbocycles. The number of thioether (sulfide) groups is 1. The number of rotatable bonds is 4. The third-order valence-electron chi connectivity index (χ3n) is 1.55. The van der Waals surface area contributed by atoms with Gasteiger partial charge in [-0.05, 0) is 29.9 Å². The second-order valence-corrected chi connectivity index (χ2v) is 3.82. The minimum Gasteiger partial charge on any atom is -0.508 e. The lowest BCUT2D eigenvalue weighted by atomic mass is 10.2. The van der Waals surface area contributed by atoms with Crippen LogP contribution < -0.4 is 0 Å². The van der Waals surface area contributed by atoms with Crippen LogP contribution in [0, 0.1) is 0 Å². The predicted molar refractivity (Wildman–Crippen MR) is 54.6 cm³/mol. The van der Waals surface area contributed by atoms with E-state index in [2.05, 4.69) is 6.92 Å². The molecule has 66 valence electrons. The van der Waals surface area contributed by atoms with Gasteiger partial charge in [0.2, 0.25) is 0 Å².